The fourth-order valence-corrected chi connectivity index (χ4v) is 7.64. The summed E-state index contributed by atoms with van der Waals surface area (Å²) in [7, 11) is 0. The van der Waals surface area contributed by atoms with Crippen molar-refractivity contribution in [2.75, 3.05) is 13.2 Å². The van der Waals surface area contributed by atoms with E-state index in [1.807, 2.05) is 0 Å². The highest BCUT2D eigenvalue weighted by Gasteiger charge is 2.19. The minimum Gasteiger partial charge on any atom is -0.462 e. The Morgan fingerprint density at radius 2 is 0.579 bits per heavy atom. The van der Waals surface area contributed by atoms with Gasteiger partial charge in [0.15, 0.2) is 6.10 Å². The van der Waals surface area contributed by atoms with Crippen LogP contribution in [0.15, 0.2) is 0 Å². The van der Waals surface area contributed by atoms with Crippen LogP contribution < -0.4 is 0 Å². The van der Waals surface area contributed by atoms with E-state index >= 15 is 0 Å². The first-order chi connectivity index (χ1) is 27.7. The molecule has 1 atom stereocenters. The van der Waals surface area contributed by atoms with Gasteiger partial charge in [0.1, 0.15) is 13.2 Å². The number of hydrogen-bond acceptors (Lipinski definition) is 6. The maximum absolute atomic E-state index is 12.8. The van der Waals surface area contributed by atoms with Crippen molar-refractivity contribution in [3.63, 3.8) is 0 Å². The van der Waals surface area contributed by atoms with Crippen LogP contribution in [0.4, 0.5) is 0 Å². The topological polar surface area (TPSA) is 78.9 Å². The van der Waals surface area contributed by atoms with Gasteiger partial charge in [-0.15, -0.1) is 0 Å². The van der Waals surface area contributed by atoms with Crippen LogP contribution in [0.3, 0.4) is 0 Å². The number of esters is 3. The summed E-state index contributed by atoms with van der Waals surface area (Å²) in [5.74, 6) is 0.770. The molecule has 6 nitrogen and oxygen atoms in total. The quantitative estimate of drug-likeness (QED) is 0.0346. The van der Waals surface area contributed by atoms with Crippen molar-refractivity contribution in [2.45, 2.75) is 285 Å². The summed E-state index contributed by atoms with van der Waals surface area (Å²) >= 11 is 0. The van der Waals surface area contributed by atoms with Gasteiger partial charge in [-0.3, -0.25) is 14.4 Å². The zero-order valence-corrected chi connectivity index (χ0v) is 39.0. The molecule has 0 aromatic rings. The molecule has 6 heteroatoms. The minimum atomic E-state index is -0.761. The van der Waals surface area contributed by atoms with E-state index in [-0.39, 0.29) is 31.1 Å². The highest BCUT2D eigenvalue weighted by atomic mass is 16.6. The van der Waals surface area contributed by atoms with E-state index in [1.165, 1.54) is 167 Å². The normalized spacial score (nSPS) is 12.1. The molecule has 0 aliphatic carbocycles. The molecule has 0 unspecified atom stereocenters. The van der Waals surface area contributed by atoms with Crippen molar-refractivity contribution in [1.29, 1.82) is 0 Å². The van der Waals surface area contributed by atoms with Gasteiger partial charge in [0.2, 0.25) is 0 Å². The van der Waals surface area contributed by atoms with Crippen LogP contribution in [0.5, 0.6) is 0 Å². The fourth-order valence-electron chi connectivity index (χ4n) is 7.64. The Bertz CT molecular complexity index is 870. The molecule has 0 heterocycles. The summed E-state index contributed by atoms with van der Waals surface area (Å²) in [6.45, 7) is 11.3. The zero-order chi connectivity index (χ0) is 41.9. The van der Waals surface area contributed by atoms with E-state index in [1.54, 1.807) is 0 Å². The second-order valence-corrected chi connectivity index (χ2v) is 18.4. The molecule has 0 N–H and O–H groups in total. The lowest BCUT2D eigenvalue weighted by atomic mass is 10.0. The summed E-state index contributed by atoms with van der Waals surface area (Å²) in [6.07, 6.45) is 43.7. The highest BCUT2D eigenvalue weighted by Crippen LogP contribution is 2.17. The Labute approximate surface area is 355 Å². The first-order valence-corrected chi connectivity index (χ1v) is 25.2. The lowest BCUT2D eigenvalue weighted by Crippen LogP contribution is -2.30. The molecule has 0 fully saturated rings. The third-order valence-corrected chi connectivity index (χ3v) is 11.5. The van der Waals surface area contributed by atoms with Crippen LogP contribution in [-0.2, 0) is 28.6 Å². The van der Waals surface area contributed by atoms with Gasteiger partial charge in [0.25, 0.3) is 0 Å². The van der Waals surface area contributed by atoms with E-state index < -0.39 is 6.10 Å². The molecule has 0 aromatic heterocycles. The molecular weight excluding hydrogens is 709 g/mol. The van der Waals surface area contributed by atoms with Crippen LogP contribution >= 0.6 is 0 Å². The van der Waals surface area contributed by atoms with Gasteiger partial charge in [0, 0.05) is 19.3 Å². The van der Waals surface area contributed by atoms with E-state index in [0.717, 1.165) is 69.6 Å². The number of ether oxygens (including phenoxy) is 3. The first kappa shape index (κ1) is 55.4. The Morgan fingerprint density at radius 3 is 0.860 bits per heavy atom. The van der Waals surface area contributed by atoms with Gasteiger partial charge < -0.3 is 14.2 Å². The molecule has 0 radical (unpaired) electrons. The van der Waals surface area contributed by atoms with Gasteiger partial charge in [0.05, 0.1) is 0 Å². The fraction of sp³-hybridized carbons (Fsp3) is 0.941. The van der Waals surface area contributed by atoms with Crippen LogP contribution in [0.25, 0.3) is 0 Å². The number of rotatable bonds is 45. The van der Waals surface area contributed by atoms with Gasteiger partial charge in [-0.2, -0.15) is 0 Å². The largest absolute Gasteiger partial charge is 0.462 e. The molecule has 0 bridgehead atoms. The summed E-state index contributed by atoms with van der Waals surface area (Å²) in [6, 6.07) is 0. The Kier molecular flexibility index (Phi) is 42.7. The molecule has 0 rings (SSSR count). The van der Waals surface area contributed by atoms with Crippen LogP contribution in [0.1, 0.15) is 279 Å². The SMILES string of the molecule is CCCCCCCCCCCCCCCCC(=O)OC[C@@H](COC(=O)CCCCCCCCCCC(C)C)OC(=O)CCCCCCCCCCCCCC(C)C. The van der Waals surface area contributed by atoms with Gasteiger partial charge >= 0.3 is 17.9 Å². The van der Waals surface area contributed by atoms with E-state index in [9.17, 15) is 14.4 Å². The summed E-state index contributed by atoms with van der Waals surface area (Å²) < 4.78 is 16.8. The van der Waals surface area contributed by atoms with Crippen LogP contribution in [0, 0.1) is 11.8 Å². The van der Waals surface area contributed by atoms with E-state index in [4.69, 9.17) is 14.2 Å². The van der Waals surface area contributed by atoms with Crippen molar-refractivity contribution in [1.82, 2.24) is 0 Å². The predicted molar refractivity (Wildman–Crippen MR) is 243 cm³/mol. The minimum absolute atomic E-state index is 0.0641. The lowest BCUT2D eigenvalue weighted by Gasteiger charge is -2.18. The number of carbonyl (C=O) groups is 3. The molecule has 0 amide bonds. The molecule has 0 spiro atoms. The monoisotopic (exact) mass is 807 g/mol. The molecule has 338 valence electrons. The predicted octanol–water partition coefficient (Wildman–Crippen LogP) is 16.1. The average molecular weight is 807 g/mol. The van der Waals surface area contributed by atoms with Gasteiger partial charge in [-0.25, -0.2) is 0 Å². The number of hydrogen-bond donors (Lipinski definition) is 0. The Hall–Kier alpha value is -1.59. The molecule has 0 saturated carbocycles. The number of carbonyl (C=O) groups excluding carboxylic acids is 3. The van der Waals surface area contributed by atoms with Crippen LogP contribution in [-0.4, -0.2) is 37.2 Å². The Balaban J connectivity index is 4.32. The third kappa shape index (κ3) is 45.3. The molecule has 0 aliphatic heterocycles. The van der Waals surface area contributed by atoms with Gasteiger partial charge in [-0.1, -0.05) is 240 Å². The lowest BCUT2D eigenvalue weighted by molar-refractivity contribution is -0.167. The maximum atomic E-state index is 12.8. The van der Waals surface area contributed by atoms with E-state index in [0.29, 0.717) is 19.3 Å². The van der Waals surface area contributed by atoms with Crippen molar-refractivity contribution in [3.8, 4) is 0 Å². The average Bonchev–Trinajstić information content (AvgIpc) is 3.18. The zero-order valence-electron chi connectivity index (χ0n) is 39.0. The second-order valence-electron chi connectivity index (χ2n) is 18.4. The third-order valence-electron chi connectivity index (χ3n) is 11.5. The van der Waals surface area contributed by atoms with E-state index in [2.05, 4.69) is 34.6 Å². The van der Waals surface area contributed by atoms with Crippen molar-refractivity contribution in [2.24, 2.45) is 11.8 Å². The Morgan fingerprint density at radius 1 is 0.333 bits per heavy atom. The van der Waals surface area contributed by atoms with Crippen molar-refractivity contribution in [3.05, 3.63) is 0 Å². The van der Waals surface area contributed by atoms with Gasteiger partial charge in [-0.05, 0) is 31.1 Å². The maximum Gasteiger partial charge on any atom is 0.306 e. The molecular formula is C51H98O6. The standard InChI is InChI=1S/C51H98O6/c1-6-7-8-9-10-11-12-13-14-17-20-26-31-36-41-49(52)55-44-48(45-56-50(53)42-37-32-27-23-22-25-30-35-40-47(4)5)57-51(54)43-38-33-28-21-18-15-16-19-24-29-34-39-46(2)3/h46-48H,6-45H2,1-5H3/t48-/m0/s1. The van der Waals surface area contributed by atoms with Crippen LogP contribution in [0.2, 0.25) is 0 Å². The summed E-state index contributed by atoms with van der Waals surface area (Å²) in [5, 5.41) is 0. The van der Waals surface area contributed by atoms with Crippen molar-refractivity contribution >= 4 is 17.9 Å². The van der Waals surface area contributed by atoms with Crippen molar-refractivity contribution < 1.29 is 28.6 Å². The smallest absolute Gasteiger partial charge is 0.306 e. The number of unbranched alkanes of at least 4 members (excludes halogenated alkanes) is 30. The highest BCUT2D eigenvalue weighted by molar-refractivity contribution is 5.71. The molecule has 0 saturated heterocycles. The summed E-state index contributed by atoms with van der Waals surface area (Å²) in [4.78, 5) is 37.9. The molecule has 0 aromatic carbocycles. The second kappa shape index (κ2) is 44.0. The molecule has 57 heavy (non-hydrogen) atoms. The summed E-state index contributed by atoms with van der Waals surface area (Å²) in [5.41, 5.74) is 0. The first-order valence-electron chi connectivity index (χ1n) is 25.2. The molecule has 0 aliphatic rings.